The minimum Gasteiger partial charge on any atom is -0.391 e. The van der Waals surface area contributed by atoms with Crippen LogP contribution in [0, 0.1) is 5.92 Å². The summed E-state index contributed by atoms with van der Waals surface area (Å²) in [4.78, 5) is 1.58. The van der Waals surface area contributed by atoms with E-state index >= 15 is 0 Å². The zero-order valence-electron chi connectivity index (χ0n) is 9.34. The van der Waals surface area contributed by atoms with Crippen molar-refractivity contribution >= 4 is 0 Å². The molecule has 1 aliphatic carbocycles. The molecule has 2 N–H and O–H groups in total. The van der Waals surface area contributed by atoms with Crippen molar-refractivity contribution in [2.75, 3.05) is 26.2 Å². The predicted molar refractivity (Wildman–Crippen MR) is 59.4 cm³/mol. The van der Waals surface area contributed by atoms with Crippen LogP contribution in [-0.2, 0) is 0 Å². The molecular formula is C12H24NO+. The van der Waals surface area contributed by atoms with E-state index in [1.807, 2.05) is 0 Å². The molecule has 1 unspecified atom stereocenters. The number of hydrogen-bond acceptors (Lipinski definition) is 1. The highest BCUT2D eigenvalue weighted by Crippen LogP contribution is 2.15. The average molecular weight is 198 g/mol. The zero-order chi connectivity index (χ0) is 10.2. The monoisotopic (exact) mass is 198 g/mol. The van der Waals surface area contributed by atoms with E-state index in [0.29, 0.717) is 6.61 Å². The maximum atomic E-state index is 8.96. The molecule has 1 aliphatic rings. The Morgan fingerprint density at radius 3 is 2.79 bits per heavy atom. The lowest BCUT2D eigenvalue weighted by atomic mass is 9.94. The maximum absolute atomic E-state index is 8.96. The van der Waals surface area contributed by atoms with Crippen molar-refractivity contribution < 1.29 is 10.0 Å². The minimum absolute atomic E-state index is 0.331. The normalized spacial score (nSPS) is 23.7. The number of aliphatic hydroxyl groups is 1. The molecule has 0 radical (unpaired) electrons. The van der Waals surface area contributed by atoms with Crippen LogP contribution >= 0.6 is 0 Å². The van der Waals surface area contributed by atoms with Crippen LogP contribution in [0.5, 0.6) is 0 Å². The number of allylic oxidation sites excluding steroid dienone is 2. The summed E-state index contributed by atoms with van der Waals surface area (Å²) >= 11 is 0. The molecule has 82 valence electrons. The molecule has 0 saturated heterocycles. The van der Waals surface area contributed by atoms with Gasteiger partial charge in [-0.2, -0.15) is 0 Å². The summed E-state index contributed by atoms with van der Waals surface area (Å²) < 4.78 is 0. The van der Waals surface area contributed by atoms with Crippen molar-refractivity contribution in [3.63, 3.8) is 0 Å². The number of quaternary nitrogens is 1. The molecular weight excluding hydrogens is 174 g/mol. The van der Waals surface area contributed by atoms with E-state index < -0.39 is 0 Å². The first-order valence-electron chi connectivity index (χ1n) is 5.96. The molecule has 14 heavy (non-hydrogen) atoms. The first-order valence-corrected chi connectivity index (χ1v) is 5.96. The molecule has 0 heterocycles. The molecule has 0 aliphatic heterocycles. The Morgan fingerprint density at radius 2 is 2.21 bits per heavy atom. The first-order chi connectivity index (χ1) is 6.86. The third-order valence-corrected chi connectivity index (χ3v) is 3.02. The van der Waals surface area contributed by atoms with Crippen LogP contribution in [-0.4, -0.2) is 31.3 Å². The van der Waals surface area contributed by atoms with Gasteiger partial charge in [-0.25, -0.2) is 0 Å². The van der Waals surface area contributed by atoms with E-state index in [1.54, 1.807) is 4.90 Å². The molecule has 2 nitrogen and oxygen atoms in total. The van der Waals surface area contributed by atoms with Crippen LogP contribution in [0.4, 0.5) is 0 Å². The van der Waals surface area contributed by atoms with Gasteiger partial charge in [0.15, 0.2) is 0 Å². The highest BCUT2D eigenvalue weighted by Gasteiger charge is 2.16. The number of nitrogens with one attached hydrogen (secondary N) is 1. The fourth-order valence-electron chi connectivity index (χ4n) is 2.29. The smallest absolute Gasteiger partial charge is 0.101 e. The van der Waals surface area contributed by atoms with Crippen molar-refractivity contribution in [2.45, 2.75) is 32.6 Å². The van der Waals surface area contributed by atoms with E-state index in [2.05, 4.69) is 19.1 Å². The largest absolute Gasteiger partial charge is 0.391 e. The third-order valence-electron chi connectivity index (χ3n) is 3.02. The fourth-order valence-corrected chi connectivity index (χ4v) is 2.29. The molecule has 0 aromatic heterocycles. The summed E-state index contributed by atoms with van der Waals surface area (Å²) in [5.41, 5.74) is 0. The summed E-state index contributed by atoms with van der Waals surface area (Å²) in [6.45, 7) is 5.93. The van der Waals surface area contributed by atoms with Crippen molar-refractivity contribution in [1.29, 1.82) is 0 Å². The molecule has 0 fully saturated rings. The van der Waals surface area contributed by atoms with E-state index in [0.717, 1.165) is 12.5 Å². The molecule has 0 spiro atoms. The molecule has 0 aromatic carbocycles. The first kappa shape index (κ1) is 11.7. The number of aliphatic hydroxyl groups excluding tert-OH is 1. The molecule has 0 amide bonds. The van der Waals surface area contributed by atoms with Gasteiger partial charge in [0, 0.05) is 5.92 Å². The molecule has 1 rings (SSSR count). The summed E-state index contributed by atoms with van der Waals surface area (Å²) in [5, 5.41) is 8.96. The molecule has 2 atom stereocenters. The van der Waals surface area contributed by atoms with Crippen molar-refractivity contribution in [3.8, 4) is 0 Å². The Bertz CT molecular complexity index is 162. The maximum Gasteiger partial charge on any atom is 0.101 e. The van der Waals surface area contributed by atoms with Gasteiger partial charge in [0.05, 0.1) is 19.7 Å². The van der Waals surface area contributed by atoms with Crippen LogP contribution in [0.1, 0.15) is 32.6 Å². The fraction of sp³-hybridized carbons (Fsp3) is 0.833. The van der Waals surface area contributed by atoms with Gasteiger partial charge in [-0.05, 0) is 25.7 Å². The van der Waals surface area contributed by atoms with Crippen LogP contribution in [0.3, 0.4) is 0 Å². The summed E-state index contributed by atoms with van der Waals surface area (Å²) in [6.07, 6.45) is 9.67. The van der Waals surface area contributed by atoms with Crippen molar-refractivity contribution in [1.82, 2.24) is 0 Å². The lowest BCUT2D eigenvalue weighted by Crippen LogP contribution is -3.13. The highest BCUT2D eigenvalue weighted by molar-refractivity contribution is 4.89. The van der Waals surface area contributed by atoms with Crippen LogP contribution in [0.15, 0.2) is 12.2 Å². The Kier molecular flexibility index (Phi) is 5.88. The van der Waals surface area contributed by atoms with Crippen LogP contribution < -0.4 is 4.90 Å². The van der Waals surface area contributed by atoms with Gasteiger partial charge in [-0.15, -0.1) is 0 Å². The SMILES string of the molecule is CCC[NH+](CCO)C[C@@H]1CC=CCC1. The lowest BCUT2D eigenvalue weighted by Gasteiger charge is -2.24. The van der Waals surface area contributed by atoms with E-state index in [4.69, 9.17) is 5.11 Å². The predicted octanol–water partition coefficient (Wildman–Crippen LogP) is 0.630. The molecule has 0 saturated carbocycles. The Hall–Kier alpha value is -0.340. The van der Waals surface area contributed by atoms with Crippen molar-refractivity contribution in [2.24, 2.45) is 5.92 Å². The van der Waals surface area contributed by atoms with Gasteiger partial charge >= 0.3 is 0 Å². The Labute approximate surface area is 87.6 Å². The van der Waals surface area contributed by atoms with Crippen LogP contribution in [0.25, 0.3) is 0 Å². The highest BCUT2D eigenvalue weighted by atomic mass is 16.3. The number of rotatable bonds is 6. The van der Waals surface area contributed by atoms with Gasteiger partial charge in [0.1, 0.15) is 6.54 Å². The summed E-state index contributed by atoms with van der Waals surface area (Å²) in [5.74, 6) is 0.855. The van der Waals surface area contributed by atoms with Gasteiger partial charge in [0.25, 0.3) is 0 Å². The van der Waals surface area contributed by atoms with Crippen molar-refractivity contribution in [3.05, 3.63) is 12.2 Å². The van der Waals surface area contributed by atoms with E-state index in [-0.39, 0.29) is 0 Å². The van der Waals surface area contributed by atoms with Gasteiger partial charge in [-0.3, -0.25) is 0 Å². The lowest BCUT2D eigenvalue weighted by molar-refractivity contribution is -0.904. The quantitative estimate of drug-likeness (QED) is 0.601. The van der Waals surface area contributed by atoms with Gasteiger partial charge in [0.2, 0.25) is 0 Å². The average Bonchev–Trinajstić information content (AvgIpc) is 2.20. The van der Waals surface area contributed by atoms with E-state index in [1.165, 1.54) is 38.8 Å². The second-order valence-electron chi connectivity index (χ2n) is 4.33. The molecule has 0 bridgehead atoms. The summed E-state index contributed by atoms with van der Waals surface area (Å²) in [6, 6.07) is 0. The third kappa shape index (κ3) is 4.25. The second kappa shape index (κ2) is 7.02. The zero-order valence-corrected chi connectivity index (χ0v) is 9.34. The van der Waals surface area contributed by atoms with Gasteiger partial charge in [-0.1, -0.05) is 19.1 Å². The second-order valence-corrected chi connectivity index (χ2v) is 4.33. The van der Waals surface area contributed by atoms with Gasteiger partial charge < -0.3 is 10.0 Å². The number of hydrogen-bond donors (Lipinski definition) is 2. The van der Waals surface area contributed by atoms with Crippen LogP contribution in [0.2, 0.25) is 0 Å². The molecule has 0 aromatic rings. The minimum atomic E-state index is 0.331. The standard InChI is InChI=1S/C12H23NO/c1-2-8-13(9-10-14)11-12-6-4-3-5-7-12/h3-4,12,14H,2,5-11H2,1H3/p+1/t12-/m1/s1. The van der Waals surface area contributed by atoms with E-state index in [9.17, 15) is 0 Å². The summed E-state index contributed by atoms with van der Waals surface area (Å²) in [7, 11) is 0. The Balaban J connectivity index is 2.26. The Morgan fingerprint density at radius 1 is 1.36 bits per heavy atom. The topological polar surface area (TPSA) is 24.7 Å². The molecule has 2 heteroatoms.